The number of benzene rings is 1. The van der Waals surface area contributed by atoms with Gasteiger partial charge >= 0.3 is 5.97 Å². The average molecular weight is 606 g/mol. The molecule has 1 aromatic carbocycles. The molecule has 44 heavy (non-hydrogen) atoms. The zero-order valence-electron chi connectivity index (χ0n) is 28.3. The number of Topliss-reactive ketones (excluding diaryl/α,β-unsaturated/α-hetero) is 1. The molecule has 4 atom stereocenters. The summed E-state index contributed by atoms with van der Waals surface area (Å²) in [5.74, 6) is -1.91. The van der Waals surface area contributed by atoms with Crippen molar-refractivity contribution in [1.29, 1.82) is 0 Å². The summed E-state index contributed by atoms with van der Waals surface area (Å²) in [7, 11) is 0. The van der Waals surface area contributed by atoms with Crippen LogP contribution in [-0.2, 0) is 17.6 Å². The number of hydrogen-bond donors (Lipinski definition) is 3. The van der Waals surface area contributed by atoms with Crippen LogP contribution in [0.4, 0.5) is 0 Å². The summed E-state index contributed by atoms with van der Waals surface area (Å²) in [5, 5.41) is 24.8. The quantitative estimate of drug-likeness (QED) is 0.0961. The number of aliphatic hydroxyl groups is 1. The standard InChI is InChI=1S/C39H59NO4/c1-8-10-11-16-19-32-24-33(23-22-31(32)9-2)38(42)34(27(3)4)25-36(37(41)26-35(28(5)6)39(43)44)40-29(7)20-21-30-17-14-12-13-15-18-30/h12-15,17,22-24,27-28,34-37,40-41H,7-11,16,18-21,25-26H2,1-6H3,(H,43,44). The third-order valence-corrected chi connectivity index (χ3v) is 9.11. The smallest absolute Gasteiger partial charge is 0.306 e. The molecule has 244 valence electrons. The minimum Gasteiger partial charge on any atom is -0.481 e. The molecule has 0 saturated carbocycles. The Hall–Kier alpha value is -2.92. The van der Waals surface area contributed by atoms with E-state index in [9.17, 15) is 19.8 Å². The van der Waals surface area contributed by atoms with Crippen molar-refractivity contribution in [2.75, 3.05) is 0 Å². The Morgan fingerprint density at radius 1 is 0.909 bits per heavy atom. The van der Waals surface area contributed by atoms with Gasteiger partial charge in [-0.2, -0.15) is 0 Å². The predicted octanol–water partition coefficient (Wildman–Crippen LogP) is 9.02. The number of nitrogens with one attached hydrogen (secondary N) is 1. The highest BCUT2D eigenvalue weighted by Gasteiger charge is 2.34. The Bertz CT molecular complexity index is 1160. The lowest BCUT2D eigenvalue weighted by Crippen LogP contribution is -2.44. The van der Waals surface area contributed by atoms with Gasteiger partial charge in [-0.1, -0.05) is 115 Å². The summed E-state index contributed by atoms with van der Waals surface area (Å²) < 4.78 is 0. The van der Waals surface area contributed by atoms with E-state index in [0.29, 0.717) is 12.8 Å². The Morgan fingerprint density at radius 3 is 2.27 bits per heavy atom. The highest BCUT2D eigenvalue weighted by atomic mass is 16.4. The van der Waals surface area contributed by atoms with Crippen LogP contribution < -0.4 is 5.32 Å². The van der Waals surface area contributed by atoms with E-state index in [4.69, 9.17) is 0 Å². The van der Waals surface area contributed by atoms with Gasteiger partial charge in [0.1, 0.15) is 0 Å². The maximum Gasteiger partial charge on any atom is 0.306 e. The molecule has 0 bridgehead atoms. The molecule has 4 unspecified atom stereocenters. The van der Waals surface area contributed by atoms with Crippen molar-refractivity contribution in [3.8, 4) is 0 Å². The van der Waals surface area contributed by atoms with Crippen molar-refractivity contribution in [2.45, 2.75) is 124 Å². The number of ketones is 1. The minimum absolute atomic E-state index is 0.0428. The normalized spacial score (nSPS) is 15.9. The van der Waals surface area contributed by atoms with Gasteiger partial charge in [0.15, 0.2) is 5.78 Å². The van der Waals surface area contributed by atoms with Crippen LogP contribution in [0.15, 0.2) is 66.4 Å². The number of carbonyl (C=O) groups is 2. The molecule has 0 spiro atoms. The van der Waals surface area contributed by atoms with Crippen LogP contribution in [0.2, 0.25) is 0 Å². The number of aryl methyl sites for hydroxylation is 2. The Morgan fingerprint density at radius 2 is 1.64 bits per heavy atom. The summed E-state index contributed by atoms with van der Waals surface area (Å²) >= 11 is 0. The number of hydrogen-bond acceptors (Lipinski definition) is 4. The molecule has 0 fully saturated rings. The monoisotopic (exact) mass is 605 g/mol. The van der Waals surface area contributed by atoms with Crippen molar-refractivity contribution < 1.29 is 19.8 Å². The van der Waals surface area contributed by atoms with E-state index in [1.165, 1.54) is 36.0 Å². The van der Waals surface area contributed by atoms with Crippen LogP contribution in [0.3, 0.4) is 0 Å². The predicted molar refractivity (Wildman–Crippen MR) is 184 cm³/mol. The molecule has 1 aliphatic rings. The Labute approximate surface area is 267 Å². The van der Waals surface area contributed by atoms with Crippen molar-refractivity contribution >= 4 is 11.8 Å². The van der Waals surface area contributed by atoms with Crippen LogP contribution in [0.25, 0.3) is 0 Å². The molecule has 0 aliphatic heterocycles. The molecular formula is C39H59NO4. The number of carboxylic acids is 1. The van der Waals surface area contributed by atoms with Crippen LogP contribution in [0.1, 0.15) is 121 Å². The highest BCUT2D eigenvalue weighted by Crippen LogP contribution is 2.29. The fourth-order valence-electron chi connectivity index (χ4n) is 6.12. The van der Waals surface area contributed by atoms with E-state index in [0.717, 1.165) is 43.4 Å². The molecule has 3 N–H and O–H groups in total. The molecule has 5 nitrogen and oxygen atoms in total. The molecule has 0 aromatic heterocycles. The van der Waals surface area contributed by atoms with E-state index < -0.39 is 24.0 Å². The average Bonchev–Trinajstić information content (AvgIpc) is 3.27. The van der Waals surface area contributed by atoms with Gasteiger partial charge in [-0.15, -0.1) is 0 Å². The summed E-state index contributed by atoms with van der Waals surface area (Å²) in [6.07, 6.45) is 19.0. The summed E-state index contributed by atoms with van der Waals surface area (Å²) in [4.78, 5) is 26.1. The van der Waals surface area contributed by atoms with Gasteiger partial charge in [0, 0.05) is 17.2 Å². The lowest BCUT2D eigenvalue weighted by Gasteiger charge is -2.32. The lowest BCUT2D eigenvalue weighted by atomic mass is 9.79. The van der Waals surface area contributed by atoms with Gasteiger partial charge in [0.25, 0.3) is 0 Å². The maximum atomic E-state index is 14.1. The minimum atomic E-state index is -0.941. The number of aliphatic hydroxyl groups excluding tert-OH is 1. The molecule has 1 aliphatic carbocycles. The van der Waals surface area contributed by atoms with Gasteiger partial charge in [-0.25, -0.2) is 0 Å². The first-order chi connectivity index (χ1) is 21.0. The molecule has 0 radical (unpaired) electrons. The molecule has 1 aromatic rings. The Kier molecular flexibility index (Phi) is 16.5. The SMILES string of the molecule is C=C(CCC1=CC=CC=CC1)NC(CC(C(=O)c1ccc(CC)c(CCCCCC)c1)C(C)C)C(O)CC(C(=O)O)C(C)C. The van der Waals surface area contributed by atoms with Gasteiger partial charge < -0.3 is 15.5 Å². The summed E-state index contributed by atoms with van der Waals surface area (Å²) in [6, 6.07) is 5.68. The zero-order chi connectivity index (χ0) is 32.6. The molecular weight excluding hydrogens is 546 g/mol. The van der Waals surface area contributed by atoms with E-state index >= 15 is 0 Å². The largest absolute Gasteiger partial charge is 0.481 e. The van der Waals surface area contributed by atoms with E-state index in [2.05, 4.69) is 63.9 Å². The lowest BCUT2D eigenvalue weighted by molar-refractivity contribution is -0.144. The number of rotatable bonds is 21. The first-order valence-electron chi connectivity index (χ1n) is 17.0. The van der Waals surface area contributed by atoms with Crippen LogP contribution >= 0.6 is 0 Å². The molecule has 0 saturated heterocycles. The number of unbranched alkanes of at least 4 members (excludes halogenated alkanes) is 3. The topological polar surface area (TPSA) is 86.6 Å². The maximum absolute atomic E-state index is 14.1. The second-order valence-electron chi connectivity index (χ2n) is 13.3. The van der Waals surface area contributed by atoms with Gasteiger partial charge in [-0.05, 0) is 80.4 Å². The van der Waals surface area contributed by atoms with Crippen molar-refractivity contribution in [3.05, 3.63) is 83.1 Å². The van der Waals surface area contributed by atoms with Crippen LogP contribution in [0, 0.1) is 23.7 Å². The van der Waals surface area contributed by atoms with E-state index in [1.54, 1.807) is 0 Å². The molecule has 0 heterocycles. The second-order valence-corrected chi connectivity index (χ2v) is 13.3. The summed E-state index contributed by atoms with van der Waals surface area (Å²) in [5.41, 5.74) is 5.38. The van der Waals surface area contributed by atoms with Crippen LogP contribution in [-0.4, -0.2) is 34.1 Å². The number of carboxylic acid groups (broad SMARTS) is 1. The molecule has 2 rings (SSSR count). The molecule has 0 amide bonds. The number of carbonyl (C=O) groups excluding carboxylic acids is 1. The zero-order valence-corrected chi connectivity index (χ0v) is 28.3. The Balaban J connectivity index is 2.30. The highest BCUT2D eigenvalue weighted by molar-refractivity contribution is 5.98. The first kappa shape index (κ1) is 37.3. The van der Waals surface area contributed by atoms with E-state index in [-0.39, 0.29) is 30.0 Å². The van der Waals surface area contributed by atoms with Gasteiger partial charge in [0.2, 0.25) is 0 Å². The fraction of sp³-hybridized carbons (Fsp3) is 0.590. The third-order valence-electron chi connectivity index (χ3n) is 9.11. The van der Waals surface area contributed by atoms with Gasteiger partial charge in [-0.3, -0.25) is 9.59 Å². The first-order valence-corrected chi connectivity index (χ1v) is 17.0. The number of aliphatic carboxylic acids is 1. The third kappa shape index (κ3) is 12.2. The van der Waals surface area contributed by atoms with Crippen molar-refractivity contribution in [3.63, 3.8) is 0 Å². The van der Waals surface area contributed by atoms with Gasteiger partial charge in [0.05, 0.1) is 18.1 Å². The fourth-order valence-corrected chi connectivity index (χ4v) is 6.12. The van der Waals surface area contributed by atoms with E-state index in [1.807, 2.05) is 38.1 Å². The number of allylic oxidation sites excluding steroid dienone is 7. The van der Waals surface area contributed by atoms with Crippen LogP contribution in [0.5, 0.6) is 0 Å². The second kappa shape index (κ2) is 19.5. The van der Waals surface area contributed by atoms with Crippen molar-refractivity contribution in [2.24, 2.45) is 23.7 Å². The molecule has 5 heteroatoms. The summed E-state index contributed by atoms with van der Waals surface area (Å²) in [6.45, 7) is 16.5. The van der Waals surface area contributed by atoms with Crippen molar-refractivity contribution in [1.82, 2.24) is 5.32 Å².